The smallest absolute Gasteiger partial charge is 0.311 e. The molecule has 1 aromatic carbocycles. The first-order chi connectivity index (χ1) is 10.6. The fraction of sp³-hybridized carbons (Fsp3) is 0.286. The van der Waals surface area contributed by atoms with Crippen LogP contribution >= 0.6 is 11.6 Å². The van der Waals surface area contributed by atoms with Crippen molar-refractivity contribution in [3.63, 3.8) is 0 Å². The van der Waals surface area contributed by atoms with E-state index in [4.69, 9.17) is 26.3 Å². The van der Waals surface area contributed by atoms with Gasteiger partial charge >= 0.3 is 5.69 Å². The minimum absolute atomic E-state index is 0.126. The maximum Gasteiger partial charge on any atom is 0.311 e. The van der Waals surface area contributed by atoms with E-state index in [1.807, 2.05) is 6.07 Å². The summed E-state index contributed by atoms with van der Waals surface area (Å²) in [6.07, 6.45) is 1.79. The van der Waals surface area contributed by atoms with Crippen LogP contribution < -0.4 is 4.74 Å². The third-order valence-corrected chi connectivity index (χ3v) is 3.79. The highest BCUT2D eigenvalue weighted by Crippen LogP contribution is 2.36. The number of fused-ring (bicyclic) bond motifs is 1. The van der Waals surface area contributed by atoms with Crippen molar-refractivity contribution < 1.29 is 14.4 Å². The number of hydrogen-bond acceptors (Lipinski definition) is 6. The van der Waals surface area contributed by atoms with E-state index in [1.54, 1.807) is 0 Å². The van der Waals surface area contributed by atoms with Crippen LogP contribution in [0.1, 0.15) is 12.0 Å². The molecule has 1 aromatic heterocycles. The summed E-state index contributed by atoms with van der Waals surface area (Å²) in [5, 5.41) is 20.7. The second-order valence-electron chi connectivity index (χ2n) is 4.80. The molecule has 0 spiro atoms. The number of nitrogens with zero attached hydrogens (tertiary/aromatic N) is 3. The van der Waals surface area contributed by atoms with Crippen LogP contribution in [0.5, 0.6) is 5.75 Å². The van der Waals surface area contributed by atoms with E-state index < -0.39 is 4.92 Å². The number of benzene rings is 1. The maximum atomic E-state index is 11.3. The number of hydrogen-bond donors (Lipinski definition) is 0. The second-order valence-corrected chi connectivity index (χ2v) is 5.17. The van der Waals surface area contributed by atoms with Gasteiger partial charge in [-0.1, -0.05) is 11.6 Å². The first-order valence-electron chi connectivity index (χ1n) is 6.51. The molecule has 1 aliphatic heterocycles. The topological polar surface area (TPSA) is 98.3 Å². The van der Waals surface area contributed by atoms with E-state index in [2.05, 4.69) is 4.98 Å². The first-order valence-corrected chi connectivity index (χ1v) is 6.89. The van der Waals surface area contributed by atoms with Crippen LogP contribution in [0.2, 0.25) is 5.02 Å². The molecule has 3 rings (SSSR count). The van der Waals surface area contributed by atoms with Gasteiger partial charge in [-0.05, 0) is 0 Å². The Bertz CT molecular complexity index is 797. The molecule has 0 bridgehead atoms. The molecule has 2 aromatic rings. The quantitative estimate of drug-likeness (QED) is 0.637. The highest BCUT2D eigenvalue weighted by atomic mass is 35.5. The van der Waals surface area contributed by atoms with E-state index in [-0.39, 0.29) is 28.1 Å². The zero-order valence-corrected chi connectivity index (χ0v) is 12.0. The summed E-state index contributed by atoms with van der Waals surface area (Å²) in [6.45, 7) is 0.971. The highest BCUT2D eigenvalue weighted by molar-refractivity contribution is 6.36. The van der Waals surface area contributed by atoms with Gasteiger partial charge in [-0.2, -0.15) is 5.26 Å². The molecule has 8 heteroatoms. The number of nitriles is 1. The van der Waals surface area contributed by atoms with E-state index in [0.29, 0.717) is 30.5 Å². The summed E-state index contributed by atoms with van der Waals surface area (Å²) in [6, 6.07) is 4.66. The number of nitro benzene ring substituents is 1. The molecular formula is C14H10ClN3O4. The molecule has 22 heavy (non-hydrogen) atoms. The van der Waals surface area contributed by atoms with Crippen molar-refractivity contribution in [2.24, 2.45) is 0 Å². The van der Waals surface area contributed by atoms with Crippen LogP contribution in [-0.2, 0) is 4.74 Å². The minimum Gasteiger partial charge on any atom is -0.481 e. The van der Waals surface area contributed by atoms with Crippen molar-refractivity contribution in [3.05, 3.63) is 39.0 Å². The molecule has 2 heterocycles. The van der Waals surface area contributed by atoms with Gasteiger partial charge < -0.3 is 9.47 Å². The van der Waals surface area contributed by atoms with Gasteiger partial charge in [0.15, 0.2) is 5.75 Å². The Kier molecular flexibility index (Phi) is 3.79. The number of aromatic nitrogens is 1. The molecule has 1 fully saturated rings. The average molecular weight is 320 g/mol. The molecule has 7 nitrogen and oxygen atoms in total. The lowest BCUT2D eigenvalue weighted by Gasteiger charge is -2.13. The lowest BCUT2D eigenvalue weighted by atomic mass is 10.1. The Morgan fingerprint density at radius 2 is 2.36 bits per heavy atom. The summed E-state index contributed by atoms with van der Waals surface area (Å²) >= 11 is 6.10. The van der Waals surface area contributed by atoms with Gasteiger partial charge in [0.25, 0.3) is 0 Å². The van der Waals surface area contributed by atoms with E-state index >= 15 is 0 Å². The average Bonchev–Trinajstić information content (AvgIpc) is 3.00. The second kappa shape index (κ2) is 5.75. The van der Waals surface area contributed by atoms with Crippen molar-refractivity contribution >= 4 is 28.2 Å². The van der Waals surface area contributed by atoms with Gasteiger partial charge in [-0.25, -0.2) is 0 Å². The molecule has 1 unspecified atom stereocenters. The van der Waals surface area contributed by atoms with Crippen LogP contribution in [0, 0.1) is 21.4 Å². The Morgan fingerprint density at radius 1 is 1.55 bits per heavy atom. The predicted octanol–water partition coefficient (Wildman–Crippen LogP) is 2.84. The molecular weight excluding hydrogens is 310 g/mol. The number of ether oxygens (including phenoxy) is 2. The van der Waals surface area contributed by atoms with Crippen LogP contribution in [0.4, 0.5) is 5.69 Å². The minimum atomic E-state index is -0.542. The molecule has 112 valence electrons. The van der Waals surface area contributed by atoms with Gasteiger partial charge in [-0.15, -0.1) is 0 Å². The number of pyridine rings is 1. The third-order valence-electron chi connectivity index (χ3n) is 3.38. The Labute approximate surface area is 130 Å². The zero-order valence-electron chi connectivity index (χ0n) is 11.3. The van der Waals surface area contributed by atoms with Gasteiger partial charge in [-0.3, -0.25) is 15.1 Å². The van der Waals surface area contributed by atoms with E-state index in [1.165, 1.54) is 18.3 Å². The number of nitro groups is 1. The highest BCUT2D eigenvalue weighted by Gasteiger charge is 2.24. The standard InChI is InChI=1S/C14H10ClN3O4/c15-14-8(5-16)6-17-11-4-13(22-9-1-2-21-7-9)12(18(19)20)3-10(11)14/h3-4,6,9H,1-2,7H2. The molecule has 0 saturated carbocycles. The molecule has 1 atom stereocenters. The maximum absolute atomic E-state index is 11.3. The van der Waals surface area contributed by atoms with Gasteiger partial charge in [0.1, 0.15) is 12.2 Å². The molecule has 1 saturated heterocycles. The summed E-state index contributed by atoms with van der Waals surface area (Å²) in [7, 11) is 0. The summed E-state index contributed by atoms with van der Waals surface area (Å²) in [5.41, 5.74) is 0.392. The van der Waals surface area contributed by atoms with Crippen molar-refractivity contribution in [1.29, 1.82) is 5.26 Å². The molecule has 0 aliphatic carbocycles. The fourth-order valence-electron chi connectivity index (χ4n) is 2.28. The van der Waals surface area contributed by atoms with Crippen molar-refractivity contribution in [3.8, 4) is 11.8 Å². The van der Waals surface area contributed by atoms with E-state index in [0.717, 1.165) is 0 Å². The van der Waals surface area contributed by atoms with Crippen LogP contribution in [0.3, 0.4) is 0 Å². The SMILES string of the molecule is N#Cc1cnc2cc(OC3CCOC3)c([N+](=O)[O-])cc2c1Cl. The largest absolute Gasteiger partial charge is 0.481 e. The Balaban J connectivity index is 2.13. The Morgan fingerprint density at radius 3 is 3.00 bits per heavy atom. The van der Waals surface area contributed by atoms with Gasteiger partial charge in [0.2, 0.25) is 0 Å². The monoisotopic (exact) mass is 319 g/mol. The molecule has 0 N–H and O–H groups in total. The van der Waals surface area contributed by atoms with Gasteiger partial charge in [0, 0.05) is 30.1 Å². The van der Waals surface area contributed by atoms with Crippen molar-refractivity contribution in [2.45, 2.75) is 12.5 Å². The Hall–Kier alpha value is -2.43. The third kappa shape index (κ3) is 2.54. The summed E-state index contributed by atoms with van der Waals surface area (Å²) < 4.78 is 10.9. The lowest BCUT2D eigenvalue weighted by molar-refractivity contribution is -0.385. The van der Waals surface area contributed by atoms with Crippen LogP contribution in [0.15, 0.2) is 18.3 Å². The van der Waals surface area contributed by atoms with Crippen LogP contribution in [-0.4, -0.2) is 29.2 Å². The molecule has 1 aliphatic rings. The fourth-order valence-corrected chi connectivity index (χ4v) is 2.52. The normalized spacial score (nSPS) is 17.4. The summed E-state index contributed by atoms with van der Waals surface area (Å²) in [4.78, 5) is 14.8. The number of rotatable bonds is 3. The van der Waals surface area contributed by atoms with Crippen LogP contribution in [0.25, 0.3) is 10.9 Å². The van der Waals surface area contributed by atoms with E-state index in [9.17, 15) is 10.1 Å². The first kappa shape index (κ1) is 14.5. The van der Waals surface area contributed by atoms with Crippen molar-refractivity contribution in [2.75, 3.05) is 13.2 Å². The zero-order chi connectivity index (χ0) is 15.7. The predicted molar refractivity (Wildman–Crippen MR) is 78.0 cm³/mol. The summed E-state index contributed by atoms with van der Waals surface area (Å²) in [5.74, 6) is 0.126. The molecule has 0 amide bonds. The van der Waals surface area contributed by atoms with Crippen molar-refractivity contribution in [1.82, 2.24) is 4.98 Å². The van der Waals surface area contributed by atoms with Gasteiger partial charge in [0.05, 0.1) is 34.2 Å². The lowest BCUT2D eigenvalue weighted by Crippen LogP contribution is -2.16. The molecule has 0 radical (unpaired) electrons. The number of halogens is 1.